The summed E-state index contributed by atoms with van der Waals surface area (Å²) in [4.78, 5) is 10.3. The number of ether oxygens (including phenoxy) is 1. The number of halogens is 1. The first kappa shape index (κ1) is 14.3. The van der Waals surface area contributed by atoms with Crippen molar-refractivity contribution in [2.75, 3.05) is 0 Å². The Bertz CT molecular complexity index is 656. The third-order valence-electron chi connectivity index (χ3n) is 3.09. The highest BCUT2D eigenvalue weighted by Crippen LogP contribution is 2.29. The van der Waals surface area contributed by atoms with Crippen LogP contribution >= 0.6 is 11.6 Å². The van der Waals surface area contributed by atoms with Crippen molar-refractivity contribution in [3.05, 3.63) is 68.2 Å². The molecule has 104 valence electrons. The molecule has 0 aliphatic heterocycles. The summed E-state index contributed by atoms with van der Waals surface area (Å²) in [6.07, 6.45) is 0. The maximum absolute atomic E-state index is 10.7. The molecule has 0 aliphatic rings. The predicted octanol–water partition coefficient (Wildman–Crippen LogP) is 4.44. The van der Waals surface area contributed by atoms with Gasteiger partial charge in [-0.05, 0) is 36.6 Å². The first-order valence-corrected chi connectivity index (χ1v) is 6.48. The molecular formula is C15H14ClNO3. The minimum atomic E-state index is -0.473. The second-order valence-corrected chi connectivity index (χ2v) is 4.99. The van der Waals surface area contributed by atoms with Crippen LogP contribution in [0.1, 0.15) is 16.7 Å². The van der Waals surface area contributed by atoms with Crippen molar-refractivity contribution in [2.24, 2.45) is 0 Å². The second-order valence-electron chi connectivity index (χ2n) is 4.58. The van der Waals surface area contributed by atoms with E-state index in [4.69, 9.17) is 16.3 Å². The molecule has 0 heterocycles. The topological polar surface area (TPSA) is 52.4 Å². The fraction of sp³-hybridized carbons (Fsp3) is 0.200. The quantitative estimate of drug-likeness (QED) is 0.618. The molecule has 20 heavy (non-hydrogen) atoms. The molecule has 0 aromatic heterocycles. The largest absolute Gasteiger partial charge is 0.487 e. The molecule has 0 aliphatic carbocycles. The lowest BCUT2D eigenvalue weighted by Crippen LogP contribution is -1.98. The van der Waals surface area contributed by atoms with E-state index < -0.39 is 4.92 Å². The van der Waals surface area contributed by atoms with Crippen LogP contribution in [-0.2, 0) is 6.61 Å². The molecular weight excluding hydrogens is 278 g/mol. The minimum Gasteiger partial charge on any atom is -0.487 e. The molecule has 2 rings (SSSR count). The van der Waals surface area contributed by atoms with Gasteiger partial charge >= 0.3 is 0 Å². The maximum Gasteiger partial charge on any atom is 0.273 e. The zero-order valence-electron chi connectivity index (χ0n) is 11.2. The van der Waals surface area contributed by atoms with Crippen LogP contribution in [0.15, 0.2) is 36.4 Å². The molecule has 0 radical (unpaired) electrons. The third kappa shape index (κ3) is 3.27. The minimum absolute atomic E-state index is 0.0375. The maximum atomic E-state index is 10.7. The van der Waals surface area contributed by atoms with E-state index >= 15 is 0 Å². The van der Waals surface area contributed by atoms with E-state index in [1.54, 1.807) is 0 Å². The van der Waals surface area contributed by atoms with E-state index in [0.29, 0.717) is 17.4 Å². The van der Waals surface area contributed by atoms with Crippen LogP contribution in [0.3, 0.4) is 0 Å². The zero-order valence-corrected chi connectivity index (χ0v) is 12.0. The first-order valence-electron chi connectivity index (χ1n) is 6.10. The van der Waals surface area contributed by atoms with Gasteiger partial charge in [-0.1, -0.05) is 29.8 Å². The van der Waals surface area contributed by atoms with Crippen LogP contribution in [-0.4, -0.2) is 4.92 Å². The number of non-ortho nitro benzene ring substituents is 1. The molecule has 0 saturated heterocycles. The Hall–Kier alpha value is -2.07. The van der Waals surface area contributed by atoms with Gasteiger partial charge in [0.1, 0.15) is 12.4 Å². The van der Waals surface area contributed by atoms with Gasteiger partial charge in [-0.2, -0.15) is 0 Å². The summed E-state index contributed by atoms with van der Waals surface area (Å²) in [5, 5.41) is 11.1. The molecule has 0 bridgehead atoms. The molecule has 0 saturated carbocycles. The van der Waals surface area contributed by atoms with Gasteiger partial charge in [0.15, 0.2) is 0 Å². The molecule has 0 fully saturated rings. The summed E-state index contributed by atoms with van der Waals surface area (Å²) in [5.41, 5.74) is 3.35. The lowest BCUT2D eigenvalue weighted by atomic mass is 10.1. The van der Waals surface area contributed by atoms with Crippen LogP contribution < -0.4 is 4.74 Å². The number of nitro groups is 1. The third-order valence-corrected chi connectivity index (χ3v) is 3.40. The SMILES string of the molecule is Cc1ccc(COc2cc([N+](=O)[O-])ccc2Cl)cc1C. The van der Waals surface area contributed by atoms with Crippen molar-refractivity contribution in [1.82, 2.24) is 0 Å². The molecule has 2 aromatic rings. The van der Waals surface area contributed by atoms with Crippen molar-refractivity contribution >= 4 is 17.3 Å². The molecule has 4 nitrogen and oxygen atoms in total. The second kappa shape index (κ2) is 5.92. The lowest BCUT2D eigenvalue weighted by Gasteiger charge is -2.09. The van der Waals surface area contributed by atoms with E-state index in [1.165, 1.54) is 29.3 Å². The average Bonchev–Trinajstić information content (AvgIpc) is 2.41. The van der Waals surface area contributed by atoms with E-state index in [0.717, 1.165) is 5.56 Å². The summed E-state index contributed by atoms with van der Waals surface area (Å²) in [7, 11) is 0. The molecule has 5 heteroatoms. The highest BCUT2D eigenvalue weighted by atomic mass is 35.5. The first-order chi connectivity index (χ1) is 9.47. The van der Waals surface area contributed by atoms with Gasteiger partial charge in [-0.3, -0.25) is 10.1 Å². The predicted molar refractivity (Wildman–Crippen MR) is 78.4 cm³/mol. The number of nitrogens with zero attached hydrogens (tertiary/aromatic N) is 1. The Balaban J connectivity index is 2.15. The fourth-order valence-corrected chi connectivity index (χ4v) is 1.94. The molecule has 0 unspecified atom stereocenters. The number of aryl methyl sites for hydroxylation is 2. The Morgan fingerprint density at radius 3 is 2.55 bits per heavy atom. The van der Waals surface area contributed by atoms with Crippen LogP contribution in [0.25, 0.3) is 0 Å². The van der Waals surface area contributed by atoms with Crippen LogP contribution in [0.4, 0.5) is 5.69 Å². The summed E-state index contributed by atoms with van der Waals surface area (Å²) in [6, 6.07) is 10.2. The van der Waals surface area contributed by atoms with Gasteiger partial charge in [0.2, 0.25) is 0 Å². The highest BCUT2D eigenvalue weighted by molar-refractivity contribution is 6.32. The normalized spacial score (nSPS) is 10.3. The van der Waals surface area contributed by atoms with Crippen molar-refractivity contribution in [1.29, 1.82) is 0 Å². The number of hydrogen-bond donors (Lipinski definition) is 0. The number of nitro benzene ring substituents is 1. The molecule has 0 N–H and O–H groups in total. The number of benzene rings is 2. The summed E-state index contributed by atoms with van der Waals surface area (Å²) < 4.78 is 5.57. The van der Waals surface area contributed by atoms with Crippen molar-refractivity contribution < 1.29 is 9.66 Å². The Kier molecular flexibility index (Phi) is 4.25. The fourth-order valence-electron chi connectivity index (χ4n) is 1.77. The molecule has 2 aromatic carbocycles. The summed E-state index contributed by atoms with van der Waals surface area (Å²) in [6.45, 7) is 4.39. The van der Waals surface area contributed by atoms with Gasteiger partial charge in [0.25, 0.3) is 5.69 Å². The van der Waals surface area contributed by atoms with Crippen LogP contribution in [0.5, 0.6) is 5.75 Å². The number of hydrogen-bond acceptors (Lipinski definition) is 3. The van der Waals surface area contributed by atoms with Gasteiger partial charge < -0.3 is 4.74 Å². The van der Waals surface area contributed by atoms with Gasteiger partial charge in [0, 0.05) is 6.07 Å². The molecule has 0 spiro atoms. The van der Waals surface area contributed by atoms with Gasteiger partial charge in [-0.25, -0.2) is 0 Å². The zero-order chi connectivity index (χ0) is 14.7. The van der Waals surface area contributed by atoms with Crippen LogP contribution in [0, 0.1) is 24.0 Å². The Morgan fingerprint density at radius 2 is 1.90 bits per heavy atom. The summed E-state index contributed by atoms with van der Waals surface area (Å²) >= 11 is 5.98. The van der Waals surface area contributed by atoms with E-state index in [2.05, 4.69) is 0 Å². The van der Waals surface area contributed by atoms with Crippen molar-refractivity contribution in [2.45, 2.75) is 20.5 Å². The Labute approximate surface area is 122 Å². The van der Waals surface area contributed by atoms with E-state index in [1.807, 2.05) is 32.0 Å². The summed E-state index contributed by atoms with van der Waals surface area (Å²) in [5.74, 6) is 0.319. The van der Waals surface area contributed by atoms with Crippen molar-refractivity contribution in [3.63, 3.8) is 0 Å². The van der Waals surface area contributed by atoms with Crippen molar-refractivity contribution in [3.8, 4) is 5.75 Å². The van der Waals surface area contributed by atoms with E-state index in [-0.39, 0.29) is 5.69 Å². The lowest BCUT2D eigenvalue weighted by molar-refractivity contribution is -0.384. The van der Waals surface area contributed by atoms with Crippen LogP contribution in [0.2, 0.25) is 5.02 Å². The van der Waals surface area contributed by atoms with Gasteiger partial charge in [0.05, 0.1) is 16.0 Å². The monoisotopic (exact) mass is 291 g/mol. The smallest absolute Gasteiger partial charge is 0.273 e. The molecule has 0 atom stereocenters. The average molecular weight is 292 g/mol. The van der Waals surface area contributed by atoms with Gasteiger partial charge in [-0.15, -0.1) is 0 Å². The standard InChI is InChI=1S/C15H14ClNO3/c1-10-3-4-12(7-11(10)2)9-20-15-8-13(17(18)19)5-6-14(15)16/h3-8H,9H2,1-2H3. The number of rotatable bonds is 4. The van der Waals surface area contributed by atoms with E-state index in [9.17, 15) is 10.1 Å². The Morgan fingerprint density at radius 1 is 1.15 bits per heavy atom. The highest BCUT2D eigenvalue weighted by Gasteiger charge is 2.11. The molecule has 0 amide bonds.